The van der Waals surface area contributed by atoms with Gasteiger partial charge in [0.05, 0.1) is 0 Å². The quantitative estimate of drug-likeness (QED) is 0.266. The van der Waals surface area contributed by atoms with Gasteiger partial charge in [0.15, 0.2) is 0 Å². The van der Waals surface area contributed by atoms with Crippen molar-refractivity contribution in [2.45, 2.75) is 39.0 Å². The van der Waals surface area contributed by atoms with Gasteiger partial charge in [-0.3, -0.25) is 4.79 Å². The third-order valence-electron chi connectivity index (χ3n) is 6.49. The zero-order chi connectivity index (χ0) is 21.4. The Kier molecular flexibility index (Phi) is 5.25. The van der Waals surface area contributed by atoms with Crippen LogP contribution in [0.25, 0.3) is 21.5 Å². The van der Waals surface area contributed by atoms with Gasteiger partial charge >= 0.3 is 0 Å². The van der Waals surface area contributed by atoms with Crippen LogP contribution >= 0.6 is 0 Å². The monoisotopic (exact) mass is 412 g/mol. The van der Waals surface area contributed by atoms with Crippen LogP contribution in [0.4, 0.5) is 4.79 Å². The molecule has 0 aliphatic heterocycles. The fourth-order valence-corrected chi connectivity index (χ4v) is 7.11. The van der Waals surface area contributed by atoms with Gasteiger partial charge in [0.1, 0.15) is 6.61 Å². The normalized spacial score (nSPS) is 13.9. The minimum absolute atomic E-state index is 0.0572. The van der Waals surface area contributed by atoms with E-state index in [1.807, 2.05) is 42.5 Å². The summed E-state index contributed by atoms with van der Waals surface area (Å²) in [6.07, 6.45) is 0. The molecule has 0 heterocycles. The van der Waals surface area contributed by atoms with Crippen molar-refractivity contribution < 1.29 is 9.53 Å². The number of rotatable bonds is 4. The number of fused-ring (bicyclic) bond motifs is 2. The standard InChI is InChI=1S/C27H28O2Si/c1-27(2,3)30(4,22-14-6-5-7-15-22)26(28)29-19-25-23-16-10-8-12-20(23)18-21-13-9-11-17-24(21)25/h5-18H,19H2,1-4H3/t30-/m0/s1. The Morgan fingerprint density at radius 3 is 1.83 bits per heavy atom. The summed E-state index contributed by atoms with van der Waals surface area (Å²) >= 11 is 0. The van der Waals surface area contributed by atoms with Crippen molar-refractivity contribution >= 4 is 40.4 Å². The number of benzene rings is 4. The van der Waals surface area contributed by atoms with Gasteiger partial charge in [-0.25, -0.2) is 0 Å². The topological polar surface area (TPSA) is 26.3 Å². The molecule has 2 nitrogen and oxygen atoms in total. The fourth-order valence-electron chi connectivity index (χ4n) is 4.17. The van der Waals surface area contributed by atoms with Crippen LogP contribution in [0.3, 0.4) is 0 Å². The van der Waals surface area contributed by atoms with Crippen LogP contribution in [0.1, 0.15) is 26.3 Å². The lowest BCUT2D eigenvalue weighted by Gasteiger charge is -2.37. The average Bonchev–Trinajstić information content (AvgIpc) is 2.75. The maximum absolute atomic E-state index is 13.6. The van der Waals surface area contributed by atoms with Crippen LogP contribution in [0.15, 0.2) is 84.9 Å². The fraction of sp³-hybridized carbons (Fsp3) is 0.222. The molecule has 4 aromatic carbocycles. The SMILES string of the molecule is CC(C)(C)[Si@](C)(C(=O)OCc1c2ccccc2cc2ccccc12)c1ccccc1. The van der Waals surface area contributed by atoms with E-state index < -0.39 is 8.07 Å². The summed E-state index contributed by atoms with van der Waals surface area (Å²) in [5, 5.41) is 5.57. The zero-order valence-corrected chi connectivity index (χ0v) is 19.1. The van der Waals surface area contributed by atoms with Crippen molar-refractivity contribution in [2.24, 2.45) is 0 Å². The molecule has 0 bridgehead atoms. The molecule has 152 valence electrons. The Bertz CT molecular complexity index is 1150. The predicted octanol–water partition coefficient (Wildman–Crippen LogP) is 7.00. The highest BCUT2D eigenvalue weighted by Gasteiger charge is 2.50. The molecular formula is C27H28O2Si. The minimum atomic E-state index is -2.58. The third kappa shape index (κ3) is 3.44. The summed E-state index contributed by atoms with van der Waals surface area (Å²) in [6, 6.07) is 29.0. The largest absolute Gasteiger partial charge is 0.465 e. The second-order valence-corrected chi connectivity index (χ2v) is 13.9. The van der Waals surface area contributed by atoms with E-state index in [4.69, 9.17) is 4.74 Å². The summed E-state index contributed by atoms with van der Waals surface area (Å²) in [5.41, 5.74) is 1.02. The lowest BCUT2D eigenvalue weighted by Crippen LogP contribution is -2.59. The van der Waals surface area contributed by atoms with Crippen LogP contribution in [0.5, 0.6) is 0 Å². The number of carbonyl (C=O) groups is 1. The first kappa shape index (κ1) is 20.4. The second-order valence-electron chi connectivity index (χ2n) is 9.11. The zero-order valence-electron chi connectivity index (χ0n) is 18.1. The van der Waals surface area contributed by atoms with E-state index in [1.54, 1.807) is 0 Å². The van der Waals surface area contributed by atoms with Gasteiger partial charge < -0.3 is 4.74 Å². The Morgan fingerprint density at radius 1 is 0.800 bits per heavy atom. The molecule has 1 atom stereocenters. The van der Waals surface area contributed by atoms with Gasteiger partial charge in [-0.15, -0.1) is 0 Å². The molecule has 0 fully saturated rings. The summed E-state index contributed by atoms with van der Waals surface area (Å²) in [5.74, 6) is 0. The van der Waals surface area contributed by atoms with Gasteiger partial charge in [-0.1, -0.05) is 106 Å². The van der Waals surface area contributed by atoms with E-state index in [0.29, 0.717) is 0 Å². The molecular weight excluding hydrogens is 384 g/mol. The first-order valence-corrected chi connectivity index (χ1v) is 12.9. The number of ether oxygens (including phenoxy) is 1. The van der Waals surface area contributed by atoms with Crippen LogP contribution in [0, 0.1) is 0 Å². The number of hydrogen-bond donors (Lipinski definition) is 0. The highest BCUT2D eigenvalue weighted by molar-refractivity contribution is 7.14. The van der Waals surface area contributed by atoms with Crippen molar-refractivity contribution in [3.63, 3.8) is 0 Å². The molecule has 0 saturated carbocycles. The molecule has 4 rings (SSSR count). The van der Waals surface area contributed by atoms with E-state index in [1.165, 1.54) is 10.8 Å². The molecule has 3 heteroatoms. The predicted molar refractivity (Wildman–Crippen MR) is 129 cm³/mol. The lowest BCUT2D eigenvalue weighted by molar-refractivity contribution is 0.164. The van der Waals surface area contributed by atoms with Gasteiger partial charge in [0.2, 0.25) is 8.07 Å². The van der Waals surface area contributed by atoms with Crippen LogP contribution in [-0.2, 0) is 11.3 Å². The molecule has 4 aromatic rings. The van der Waals surface area contributed by atoms with Crippen LogP contribution < -0.4 is 5.19 Å². The summed E-state index contributed by atoms with van der Waals surface area (Å²) < 4.78 is 6.11. The van der Waals surface area contributed by atoms with E-state index in [0.717, 1.165) is 21.5 Å². The van der Waals surface area contributed by atoms with Gasteiger partial charge in [-0.05, 0) is 37.8 Å². The summed E-state index contributed by atoms with van der Waals surface area (Å²) in [7, 11) is -2.58. The molecule has 0 spiro atoms. The smallest absolute Gasteiger partial charge is 0.277 e. The molecule has 0 amide bonds. The van der Waals surface area contributed by atoms with Gasteiger partial charge in [-0.2, -0.15) is 0 Å². The van der Waals surface area contributed by atoms with E-state index in [-0.39, 0.29) is 17.2 Å². The van der Waals surface area contributed by atoms with Crippen molar-refractivity contribution in [3.8, 4) is 0 Å². The van der Waals surface area contributed by atoms with Gasteiger partial charge in [0.25, 0.3) is 5.59 Å². The average molecular weight is 413 g/mol. The molecule has 0 aliphatic rings. The third-order valence-corrected chi connectivity index (χ3v) is 11.9. The Hall–Kier alpha value is -2.91. The highest BCUT2D eigenvalue weighted by atomic mass is 28.3. The maximum Gasteiger partial charge on any atom is 0.277 e. The molecule has 0 radical (unpaired) electrons. The lowest BCUT2D eigenvalue weighted by atomic mass is 9.97. The van der Waals surface area contributed by atoms with Crippen molar-refractivity contribution in [2.75, 3.05) is 0 Å². The van der Waals surface area contributed by atoms with Gasteiger partial charge in [0, 0.05) is 5.56 Å². The Labute approximate surface area is 179 Å². The molecule has 0 N–H and O–H groups in total. The van der Waals surface area contributed by atoms with E-state index >= 15 is 0 Å². The number of carbonyl (C=O) groups excluding carboxylic acids is 1. The van der Waals surface area contributed by atoms with E-state index in [2.05, 4.69) is 69.8 Å². The first-order valence-electron chi connectivity index (χ1n) is 10.4. The molecule has 30 heavy (non-hydrogen) atoms. The Morgan fingerprint density at radius 2 is 1.30 bits per heavy atom. The summed E-state index contributed by atoms with van der Waals surface area (Å²) in [4.78, 5) is 13.6. The highest BCUT2D eigenvalue weighted by Crippen LogP contribution is 2.38. The van der Waals surface area contributed by atoms with Crippen molar-refractivity contribution in [1.82, 2.24) is 0 Å². The summed E-state index contributed by atoms with van der Waals surface area (Å²) in [6.45, 7) is 8.88. The molecule has 0 aliphatic carbocycles. The second kappa shape index (κ2) is 7.73. The Balaban J connectivity index is 1.75. The first-order chi connectivity index (χ1) is 14.3. The molecule has 0 aromatic heterocycles. The van der Waals surface area contributed by atoms with Crippen LogP contribution in [-0.4, -0.2) is 13.7 Å². The van der Waals surface area contributed by atoms with Crippen molar-refractivity contribution in [1.29, 1.82) is 0 Å². The minimum Gasteiger partial charge on any atom is -0.465 e. The van der Waals surface area contributed by atoms with E-state index in [9.17, 15) is 4.79 Å². The molecule has 0 saturated heterocycles. The van der Waals surface area contributed by atoms with Crippen LogP contribution in [0.2, 0.25) is 11.6 Å². The molecule has 0 unspecified atom stereocenters. The maximum atomic E-state index is 13.6. The van der Waals surface area contributed by atoms with Crippen molar-refractivity contribution in [3.05, 3.63) is 90.5 Å². The number of hydrogen-bond acceptors (Lipinski definition) is 2.